The first-order valence-corrected chi connectivity index (χ1v) is 10.4. The second-order valence-electron chi connectivity index (χ2n) is 7.01. The molecule has 144 valence electrons. The lowest BCUT2D eigenvalue weighted by atomic mass is 9.82. The highest BCUT2D eigenvalue weighted by Gasteiger charge is 2.42. The van der Waals surface area contributed by atoms with Crippen LogP contribution in [0.4, 0.5) is 4.39 Å². The Morgan fingerprint density at radius 3 is 2.89 bits per heavy atom. The molecule has 1 unspecified atom stereocenters. The van der Waals surface area contributed by atoms with E-state index in [1.54, 1.807) is 18.3 Å². The van der Waals surface area contributed by atoms with Gasteiger partial charge in [-0.05, 0) is 55.0 Å². The monoisotopic (exact) mass is 409 g/mol. The summed E-state index contributed by atoms with van der Waals surface area (Å²) in [6, 6.07) is 6.05. The normalized spacial score (nSPS) is 19.6. The number of carbonyl (C=O) groups excluding carboxylic acids is 1. The molecule has 1 aromatic carbocycles. The summed E-state index contributed by atoms with van der Waals surface area (Å²) in [7, 11) is 0. The van der Waals surface area contributed by atoms with Crippen LogP contribution in [0.1, 0.15) is 30.2 Å². The predicted molar refractivity (Wildman–Crippen MR) is 103 cm³/mol. The fraction of sp³-hybridized carbons (Fsp3) is 0.450. The van der Waals surface area contributed by atoms with Crippen molar-refractivity contribution < 1.29 is 18.7 Å². The summed E-state index contributed by atoms with van der Waals surface area (Å²) in [6.07, 6.45) is 1.85. The van der Waals surface area contributed by atoms with Crippen molar-refractivity contribution in [2.45, 2.75) is 37.9 Å². The van der Waals surface area contributed by atoms with Gasteiger partial charge in [0.2, 0.25) is 0 Å². The summed E-state index contributed by atoms with van der Waals surface area (Å²) in [5, 5.41) is 2.29. The van der Waals surface area contributed by atoms with Gasteiger partial charge < -0.3 is 14.4 Å². The van der Waals surface area contributed by atoms with Crippen molar-refractivity contribution in [2.24, 2.45) is 0 Å². The highest BCUT2D eigenvalue weighted by molar-refractivity contribution is 7.10. The van der Waals surface area contributed by atoms with E-state index in [-0.39, 0.29) is 16.5 Å². The number of hydrogen-bond donors (Lipinski definition) is 0. The Labute approximate surface area is 166 Å². The predicted octanol–water partition coefficient (Wildman–Crippen LogP) is 4.40. The fourth-order valence-electron chi connectivity index (χ4n) is 3.93. The molecule has 3 heterocycles. The van der Waals surface area contributed by atoms with Gasteiger partial charge in [-0.25, -0.2) is 4.39 Å². The zero-order valence-corrected chi connectivity index (χ0v) is 16.6. The summed E-state index contributed by atoms with van der Waals surface area (Å²) >= 11 is 7.78. The van der Waals surface area contributed by atoms with Gasteiger partial charge in [-0.3, -0.25) is 4.79 Å². The van der Waals surface area contributed by atoms with Crippen LogP contribution in [0, 0.1) is 5.82 Å². The number of benzene rings is 1. The van der Waals surface area contributed by atoms with E-state index in [2.05, 4.69) is 11.4 Å². The van der Waals surface area contributed by atoms with Crippen molar-refractivity contribution in [3.05, 3.63) is 50.9 Å². The van der Waals surface area contributed by atoms with Crippen LogP contribution in [-0.2, 0) is 21.6 Å². The van der Waals surface area contributed by atoms with Crippen molar-refractivity contribution in [1.82, 2.24) is 4.90 Å². The van der Waals surface area contributed by atoms with Gasteiger partial charge in [-0.2, -0.15) is 0 Å². The molecule has 1 saturated heterocycles. The zero-order chi connectivity index (χ0) is 19.0. The van der Waals surface area contributed by atoms with Crippen molar-refractivity contribution in [2.75, 3.05) is 19.7 Å². The number of hydrogen-bond acceptors (Lipinski definition) is 4. The Balaban J connectivity index is 1.40. The molecule has 1 amide bonds. The van der Waals surface area contributed by atoms with E-state index in [0.29, 0.717) is 18.8 Å². The molecule has 1 fully saturated rings. The lowest BCUT2D eigenvalue weighted by Gasteiger charge is -2.44. The third-order valence-electron chi connectivity index (χ3n) is 5.37. The van der Waals surface area contributed by atoms with Crippen LogP contribution in [-0.4, -0.2) is 36.6 Å². The molecule has 27 heavy (non-hydrogen) atoms. The number of nitrogens with zero attached hydrogens (tertiary/aromatic N) is 1. The molecule has 0 radical (unpaired) electrons. The molecule has 0 N–H and O–H groups in total. The number of amides is 1. The van der Waals surface area contributed by atoms with Crippen molar-refractivity contribution in [3.8, 4) is 5.75 Å². The van der Waals surface area contributed by atoms with Crippen molar-refractivity contribution in [1.29, 1.82) is 0 Å². The van der Waals surface area contributed by atoms with Crippen LogP contribution < -0.4 is 4.74 Å². The Morgan fingerprint density at radius 1 is 1.37 bits per heavy atom. The highest BCUT2D eigenvalue weighted by Crippen LogP contribution is 2.43. The molecule has 0 saturated carbocycles. The van der Waals surface area contributed by atoms with Gasteiger partial charge in [0.1, 0.15) is 11.6 Å². The average molecular weight is 410 g/mol. The molecule has 2 aliphatic rings. The standard InChI is InChI=1S/C20H21ClFNO3S/c1-13(26-17-3-2-14(22)12-16(17)21)19(24)23-8-6-20(7-9-23)15-5-11-27-18(15)4-10-25-20/h2-3,5,11-13H,4,6-10H2,1H3. The molecule has 2 aromatic rings. The highest BCUT2D eigenvalue weighted by atomic mass is 35.5. The summed E-state index contributed by atoms with van der Waals surface area (Å²) in [5.41, 5.74) is 1.04. The molecule has 4 rings (SSSR count). The first kappa shape index (κ1) is 18.7. The topological polar surface area (TPSA) is 38.8 Å². The summed E-state index contributed by atoms with van der Waals surface area (Å²) in [4.78, 5) is 16.0. The number of halogens is 2. The zero-order valence-electron chi connectivity index (χ0n) is 15.0. The van der Waals surface area contributed by atoms with Crippen molar-refractivity contribution >= 4 is 28.8 Å². The van der Waals surface area contributed by atoms with E-state index in [1.165, 1.54) is 28.6 Å². The molecule has 0 bridgehead atoms. The molecular formula is C20H21ClFNO3S. The number of piperidine rings is 1. The number of likely N-dealkylation sites (tertiary alicyclic amines) is 1. The van der Waals surface area contributed by atoms with E-state index in [1.807, 2.05) is 4.90 Å². The molecule has 0 aliphatic carbocycles. The van der Waals surface area contributed by atoms with Gasteiger partial charge in [-0.1, -0.05) is 11.6 Å². The van der Waals surface area contributed by atoms with Crippen LogP contribution in [0.15, 0.2) is 29.6 Å². The molecule has 1 spiro atoms. The smallest absolute Gasteiger partial charge is 0.263 e. The van der Waals surface area contributed by atoms with Gasteiger partial charge >= 0.3 is 0 Å². The van der Waals surface area contributed by atoms with E-state index in [4.69, 9.17) is 21.1 Å². The minimum absolute atomic E-state index is 0.0911. The maximum Gasteiger partial charge on any atom is 0.263 e. The van der Waals surface area contributed by atoms with Crippen LogP contribution >= 0.6 is 22.9 Å². The molecule has 2 aliphatic heterocycles. The van der Waals surface area contributed by atoms with E-state index in [0.717, 1.165) is 25.9 Å². The number of fused-ring (bicyclic) bond motifs is 2. The van der Waals surface area contributed by atoms with Gasteiger partial charge in [-0.15, -0.1) is 11.3 Å². The van der Waals surface area contributed by atoms with Crippen molar-refractivity contribution in [3.63, 3.8) is 0 Å². The Morgan fingerprint density at radius 2 is 2.15 bits per heavy atom. The van der Waals surface area contributed by atoms with E-state index >= 15 is 0 Å². The number of carbonyl (C=O) groups is 1. The first-order valence-electron chi connectivity index (χ1n) is 9.10. The molecule has 1 atom stereocenters. The van der Waals surface area contributed by atoms with Gasteiger partial charge in [0.15, 0.2) is 6.10 Å². The Hall–Kier alpha value is -1.63. The average Bonchev–Trinajstić information content (AvgIpc) is 3.15. The SMILES string of the molecule is CC(Oc1ccc(F)cc1Cl)C(=O)N1CCC2(CC1)OCCc1sccc12. The third kappa shape index (κ3) is 3.58. The first-order chi connectivity index (χ1) is 13.0. The maximum absolute atomic E-state index is 13.2. The number of ether oxygens (including phenoxy) is 2. The molecule has 4 nitrogen and oxygen atoms in total. The molecule has 1 aromatic heterocycles. The summed E-state index contributed by atoms with van der Waals surface area (Å²) in [6.45, 7) is 3.68. The largest absolute Gasteiger partial charge is 0.479 e. The van der Waals surface area contributed by atoms with Crippen LogP contribution in [0.2, 0.25) is 5.02 Å². The number of thiophene rings is 1. The van der Waals surface area contributed by atoms with Gasteiger partial charge in [0.05, 0.1) is 17.2 Å². The summed E-state index contributed by atoms with van der Waals surface area (Å²) < 4.78 is 25.0. The van der Waals surface area contributed by atoms with E-state index in [9.17, 15) is 9.18 Å². The van der Waals surface area contributed by atoms with Gasteiger partial charge in [0.25, 0.3) is 5.91 Å². The van der Waals surface area contributed by atoms with Gasteiger partial charge in [0, 0.05) is 24.4 Å². The van der Waals surface area contributed by atoms with Crippen LogP contribution in [0.5, 0.6) is 5.75 Å². The van der Waals surface area contributed by atoms with Crippen LogP contribution in [0.25, 0.3) is 0 Å². The lowest BCUT2D eigenvalue weighted by Crippen LogP contribution is -2.50. The Kier molecular flexibility index (Phi) is 5.14. The minimum atomic E-state index is -0.689. The Bertz CT molecular complexity index is 848. The number of rotatable bonds is 3. The molecule has 7 heteroatoms. The second kappa shape index (κ2) is 7.41. The van der Waals surface area contributed by atoms with E-state index < -0.39 is 11.9 Å². The maximum atomic E-state index is 13.2. The third-order valence-corrected chi connectivity index (χ3v) is 6.65. The second-order valence-corrected chi connectivity index (χ2v) is 8.42. The summed E-state index contributed by atoms with van der Waals surface area (Å²) in [5.74, 6) is -0.217. The fourth-order valence-corrected chi connectivity index (χ4v) is 5.09. The van der Waals surface area contributed by atoms with Crippen LogP contribution in [0.3, 0.4) is 0 Å². The lowest BCUT2D eigenvalue weighted by molar-refractivity contribution is -0.146. The molecular weight excluding hydrogens is 389 g/mol. The minimum Gasteiger partial charge on any atom is -0.479 e. The quantitative estimate of drug-likeness (QED) is 0.754.